The average molecular weight is 911 g/mol. The first kappa shape index (κ1) is 48.1. The molecule has 2 aromatic carbocycles. The summed E-state index contributed by atoms with van der Waals surface area (Å²) in [6.07, 6.45) is 1.22. The van der Waals surface area contributed by atoms with E-state index in [1.54, 1.807) is 60.7 Å². The number of carbonyl (C=O) groups is 4. The van der Waals surface area contributed by atoms with Crippen LogP contribution in [0.15, 0.2) is 60.7 Å². The number of carbonyl (C=O) groups excluding carboxylic acids is 4. The monoisotopic (exact) mass is 908 g/mol. The molecule has 0 aromatic heterocycles. The number of hydrazine groups is 2. The first-order valence-corrected chi connectivity index (χ1v) is 24.6. The number of hydrogen-bond donors (Lipinski definition) is 4. The van der Waals surface area contributed by atoms with Gasteiger partial charge in [-0.3, -0.25) is 30.0 Å². The van der Waals surface area contributed by atoms with Crippen LogP contribution in [0.25, 0.3) is 0 Å². The van der Waals surface area contributed by atoms with E-state index >= 15 is 0 Å². The van der Waals surface area contributed by atoms with Crippen LogP contribution < -0.4 is 21.5 Å². The van der Waals surface area contributed by atoms with Crippen LogP contribution in [-0.2, 0) is 51.7 Å². The van der Waals surface area contributed by atoms with E-state index in [1.807, 2.05) is 0 Å². The fourth-order valence-electron chi connectivity index (χ4n) is 4.69. The first-order valence-electron chi connectivity index (χ1n) is 16.2. The molecule has 2 aromatic rings. The molecule has 0 saturated carbocycles. The van der Waals surface area contributed by atoms with Crippen LogP contribution in [0.1, 0.15) is 11.1 Å². The number of halogens is 4. The van der Waals surface area contributed by atoms with Crippen molar-refractivity contribution >= 4 is 111 Å². The van der Waals surface area contributed by atoms with Crippen molar-refractivity contribution < 1.29 is 36.0 Å². The van der Waals surface area contributed by atoms with Crippen LogP contribution in [0.3, 0.4) is 0 Å². The third kappa shape index (κ3) is 17.4. The maximum absolute atomic E-state index is 13.8. The number of nitrogens with zero attached hydrogens (tertiary/aromatic N) is 2. The van der Waals surface area contributed by atoms with Gasteiger partial charge in [-0.1, -0.05) is 82.3 Å². The largest absolute Gasteiger partial charge is 0.342 e. The zero-order valence-corrected chi connectivity index (χ0v) is 35.7. The molecule has 14 nitrogen and oxygen atoms in total. The summed E-state index contributed by atoms with van der Waals surface area (Å²) in [5.74, 6) is -3.01. The lowest BCUT2D eigenvalue weighted by atomic mass is 10.1. The van der Waals surface area contributed by atoms with E-state index in [0.717, 1.165) is 12.5 Å². The molecule has 4 atom stereocenters. The maximum atomic E-state index is 13.8. The molecule has 54 heavy (non-hydrogen) atoms. The summed E-state index contributed by atoms with van der Waals surface area (Å²) in [7, 11) is -7.72. The molecule has 4 unspecified atom stereocenters. The first-order chi connectivity index (χ1) is 25.5. The zero-order valence-electron chi connectivity index (χ0n) is 29.5. The van der Waals surface area contributed by atoms with Gasteiger partial charge in [0.2, 0.25) is 11.8 Å². The number of nitrogens with one attached hydrogen (secondary N) is 4. The van der Waals surface area contributed by atoms with Crippen molar-refractivity contribution in [3.8, 4) is 0 Å². The van der Waals surface area contributed by atoms with E-state index in [4.69, 9.17) is 46.4 Å². The summed E-state index contributed by atoms with van der Waals surface area (Å²) in [6, 6.07) is 13.4. The summed E-state index contributed by atoms with van der Waals surface area (Å²) in [6.45, 7) is 0.485. The summed E-state index contributed by atoms with van der Waals surface area (Å²) in [4.78, 5) is 54.2. The lowest BCUT2D eigenvalue weighted by Crippen LogP contribution is -2.59. The predicted octanol–water partition coefficient (Wildman–Crippen LogP) is 2.19. The standard InChI is InChI=1S/C32H44Cl4N6O8S4/c1-53(47,48)31(27(29(45)39-41(17-13-33)18-14-34)37-25(43)21-23-9-5-3-6-10-23)51-52-32(54(2,49)50)28(30(46)40-42(19-15-35)20-16-36)38-26(44)22-24-11-7-4-8-12-24/h3-12,27-28,31-32H,13-22H2,1-2H3,(H,37,43)(H,38,44)(H,39,45)(H,40,46). The Balaban J connectivity index is 2.57. The fourth-order valence-corrected chi connectivity index (χ4v) is 13.6. The minimum Gasteiger partial charge on any atom is -0.342 e. The van der Waals surface area contributed by atoms with E-state index in [9.17, 15) is 36.0 Å². The molecular formula is C32H44Cl4N6O8S4. The molecule has 4 N–H and O–H groups in total. The lowest BCUT2D eigenvalue weighted by molar-refractivity contribution is -0.131. The van der Waals surface area contributed by atoms with Crippen molar-refractivity contribution in [2.75, 3.05) is 62.2 Å². The van der Waals surface area contributed by atoms with Gasteiger partial charge in [0, 0.05) is 62.2 Å². The van der Waals surface area contributed by atoms with E-state index in [1.165, 1.54) is 10.0 Å². The molecule has 22 heteroatoms. The molecule has 0 spiro atoms. The van der Waals surface area contributed by atoms with E-state index in [-0.39, 0.29) is 62.5 Å². The van der Waals surface area contributed by atoms with Gasteiger partial charge in [-0.15, -0.1) is 46.4 Å². The van der Waals surface area contributed by atoms with Crippen LogP contribution in [0.2, 0.25) is 0 Å². The van der Waals surface area contributed by atoms with E-state index < -0.39 is 64.6 Å². The van der Waals surface area contributed by atoms with Gasteiger partial charge in [-0.2, -0.15) is 0 Å². The van der Waals surface area contributed by atoms with Crippen LogP contribution in [-0.4, -0.2) is 134 Å². The van der Waals surface area contributed by atoms with Gasteiger partial charge in [-0.05, 0) is 11.1 Å². The number of hydrogen-bond acceptors (Lipinski definition) is 12. The molecule has 2 rings (SSSR count). The summed E-state index contributed by atoms with van der Waals surface area (Å²) in [5.41, 5.74) is 6.26. The number of amides is 4. The molecule has 0 bridgehead atoms. The second kappa shape index (κ2) is 24.6. The number of benzene rings is 2. The van der Waals surface area contributed by atoms with Crippen molar-refractivity contribution in [3.63, 3.8) is 0 Å². The molecule has 0 aliphatic rings. The van der Waals surface area contributed by atoms with Gasteiger partial charge in [0.15, 0.2) is 19.7 Å². The van der Waals surface area contributed by atoms with Crippen molar-refractivity contribution in [1.29, 1.82) is 0 Å². The SMILES string of the molecule is CS(=O)(=O)C(SSC(C(NC(=O)Cc1ccccc1)C(=O)NN(CCCl)CCCl)S(C)(=O)=O)C(NC(=O)Cc1ccccc1)C(=O)NN(CCCl)CCCl. The second-order valence-electron chi connectivity index (χ2n) is 11.7. The summed E-state index contributed by atoms with van der Waals surface area (Å²) in [5, 5.41) is 7.71. The molecule has 302 valence electrons. The molecular weight excluding hydrogens is 866 g/mol. The van der Waals surface area contributed by atoms with Gasteiger partial charge < -0.3 is 10.6 Å². The summed E-state index contributed by atoms with van der Waals surface area (Å²) >= 11 is 23.6. The minimum atomic E-state index is -4.30. The van der Waals surface area contributed by atoms with Crippen molar-refractivity contribution in [3.05, 3.63) is 71.8 Å². The fraction of sp³-hybridized carbons (Fsp3) is 0.500. The average Bonchev–Trinajstić information content (AvgIpc) is 3.09. The van der Waals surface area contributed by atoms with Gasteiger partial charge >= 0.3 is 0 Å². The molecule has 4 amide bonds. The zero-order chi connectivity index (χ0) is 40.3. The van der Waals surface area contributed by atoms with Crippen LogP contribution in [0.4, 0.5) is 0 Å². The Morgan fingerprint density at radius 3 is 1.13 bits per heavy atom. The minimum absolute atomic E-state index is 0.0744. The highest BCUT2D eigenvalue weighted by molar-refractivity contribution is 8.79. The molecule has 0 fully saturated rings. The lowest BCUT2D eigenvalue weighted by Gasteiger charge is -2.31. The number of alkyl halides is 4. The quantitative estimate of drug-likeness (QED) is 0.0647. The second-order valence-corrected chi connectivity index (χ2v) is 20.7. The molecule has 0 aliphatic heterocycles. The maximum Gasteiger partial charge on any atom is 0.259 e. The Hall–Kier alpha value is -2.00. The number of rotatable bonds is 25. The Morgan fingerprint density at radius 2 is 0.870 bits per heavy atom. The van der Waals surface area contributed by atoms with Crippen molar-refractivity contribution in [2.45, 2.75) is 34.1 Å². The summed E-state index contributed by atoms with van der Waals surface area (Å²) < 4.78 is 50.1. The normalized spacial score (nSPS) is 14.1. The van der Waals surface area contributed by atoms with Crippen molar-refractivity contribution in [2.24, 2.45) is 0 Å². The van der Waals surface area contributed by atoms with Gasteiger partial charge in [0.05, 0.1) is 12.8 Å². The highest BCUT2D eigenvalue weighted by Gasteiger charge is 2.43. The van der Waals surface area contributed by atoms with E-state index in [2.05, 4.69) is 21.5 Å². The molecule has 0 saturated heterocycles. The highest BCUT2D eigenvalue weighted by atomic mass is 35.5. The van der Waals surface area contributed by atoms with E-state index in [0.29, 0.717) is 32.7 Å². The third-order valence-electron chi connectivity index (χ3n) is 7.20. The third-order valence-corrected chi connectivity index (χ3v) is 16.1. The van der Waals surface area contributed by atoms with Crippen molar-refractivity contribution in [1.82, 2.24) is 31.5 Å². The smallest absolute Gasteiger partial charge is 0.259 e. The highest BCUT2D eigenvalue weighted by Crippen LogP contribution is 2.39. The van der Waals surface area contributed by atoms with Crippen LogP contribution in [0.5, 0.6) is 0 Å². The Bertz CT molecular complexity index is 1580. The van der Waals surface area contributed by atoms with Crippen LogP contribution in [0, 0.1) is 0 Å². The van der Waals surface area contributed by atoms with Gasteiger partial charge in [-0.25, -0.2) is 26.9 Å². The Labute approximate surface area is 344 Å². The predicted molar refractivity (Wildman–Crippen MR) is 219 cm³/mol. The topological polar surface area (TPSA) is 191 Å². The van der Waals surface area contributed by atoms with Gasteiger partial charge in [0.1, 0.15) is 21.2 Å². The molecule has 0 radical (unpaired) electrons. The van der Waals surface area contributed by atoms with Gasteiger partial charge in [0.25, 0.3) is 11.8 Å². The van der Waals surface area contributed by atoms with Crippen LogP contribution >= 0.6 is 68.0 Å². The molecule has 0 aliphatic carbocycles. The Kier molecular flexibility index (Phi) is 21.9. The number of sulfone groups is 2. The Morgan fingerprint density at radius 1 is 0.574 bits per heavy atom. The molecule has 0 heterocycles.